The van der Waals surface area contributed by atoms with Crippen LogP contribution in [-0.2, 0) is 13.0 Å². The molecule has 1 aromatic rings. The highest BCUT2D eigenvalue weighted by Gasteiger charge is 2.21. The van der Waals surface area contributed by atoms with Crippen LogP contribution in [0.25, 0.3) is 0 Å². The number of nitrogens with one attached hydrogen (secondary N) is 1. The maximum absolute atomic E-state index is 4.30. The molecule has 0 aliphatic rings. The Labute approximate surface area is 115 Å². The van der Waals surface area contributed by atoms with Crippen molar-refractivity contribution in [2.24, 2.45) is 17.3 Å². The number of hydrogen-bond acceptors (Lipinski definition) is 4. The molecule has 1 atom stereocenters. The van der Waals surface area contributed by atoms with E-state index in [1.54, 1.807) is 11.3 Å². The van der Waals surface area contributed by atoms with Crippen LogP contribution < -0.4 is 5.32 Å². The monoisotopic (exact) mass is 269 g/mol. The average Bonchev–Trinajstić information content (AvgIpc) is 2.63. The highest BCUT2D eigenvalue weighted by Crippen LogP contribution is 2.29. The van der Waals surface area contributed by atoms with Crippen LogP contribution in [-0.4, -0.2) is 16.7 Å². The van der Waals surface area contributed by atoms with E-state index in [1.807, 2.05) is 0 Å². The third-order valence-electron chi connectivity index (χ3n) is 3.30. The van der Waals surface area contributed by atoms with Crippen LogP contribution >= 0.6 is 11.3 Å². The van der Waals surface area contributed by atoms with Crippen LogP contribution in [0.15, 0.2) is 0 Å². The van der Waals surface area contributed by atoms with Crippen molar-refractivity contribution in [2.45, 2.75) is 54.5 Å². The van der Waals surface area contributed by atoms with Crippen LogP contribution in [0, 0.1) is 17.3 Å². The van der Waals surface area contributed by atoms with Gasteiger partial charge < -0.3 is 5.32 Å². The van der Waals surface area contributed by atoms with Gasteiger partial charge in [0, 0.05) is 13.0 Å². The molecule has 0 spiro atoms. The van der Waals surface area contributed by atoms with Crippen LogP contribution in [0.3, 0.4) is 0 Å². The van der Waals surface area contributed by atoms with Crippen LogP contribution in [0.5, 0.6) is 0 Å². The van der Waals surface area contributed by atoms with Crippen molar-refractivity contribution >= 4 is 11.3 Å². The fourth-order valence-corrected chi connectivity index (χ4v) is 2.42. The first kappa shape index (κ1) is 15.6. The Morgan fingerprint density at radius 1 is 1.11 bits per heavy atom. The molecular weight excluding hydrogens is 242 g/mol. The molecule has 1 N–H and O–H groups in total. The standard InChI is InChI=1S/C14H27N3S/c1-10(2)8-15-9-13-17-16-12(18-13)7-11(3)14(4,5)6/h10-11,15H,7-9H2,1-6H3. The molecule has 0 radical (unpaired) electrons. The largest absolute Gasteiger partial charge is 0.310 e. The van der Waals surface area contributed by atoms with Crippen LogP contribution in [0.4, 0.5) is 0 Å². The van der Waals surface area contributed by atoms with E-state index in [4.69, 9.17) is 0 Å². The van der Waals surface area contributed by atoms with Gasteiger partial charge in [0.2, 0.25) is 0 Å². The lowest BCUT2D eigenvalue weighted by Crippen LogP contribution is -2.19. The van der Waals surface area contributed by atoms with E-state index in [0.717, 1.165) is 24.5 Å². The summed E-state index contributed by atoms with van der Waals surface area (Å²) in [6, 6.07) is 0. The van der Waals surface area contributed by atoms with Crippen molar-refractivity contribution in [3.8, 4) is 0 Å². The van der Waals surface area contributed by atoms with Gasteiger partial charge in [0.15, 0.2) is 0 Å². The SMILES string of the molecule is CC(C)CNCc1nnc(CC(C)C(C)(C)C)s1. The molecule has 104 valence electrons. The Morgan fingerprint density at radius 3 is 2.28 bits per heavy atom. The summed E-state index contributed by atoms with van der Waals surface area (Å²) in [6.45, 7) is 15.4. The number of hydrogen-bond donors (Lipinski definition) is 1. The minimum absolute atomic E-state index is 0.335. The fourth-order valence-electron chi connectivity index (χ4n) is 1.48. The fraction of sp³-hybridized carbons (Fsp3) is 0.857. The van der Waals surface area contributed by atoms with Crippen molar-refractivity contribution in [1.29, 1.82) is 0 Å². The molecule has 3 nitrogen and oxygen atoms in total. The van der Waals surface area contributed by atoms with Gasteiger partial charge in [0.05, 0.1) is 0 Å². The van der Waals surface area contributed by atoms with Gasteiger partial charge >= 0.3 is 0 Å². The molecule has 0 aliphatic carbocycles. The zero-order valence-corrected chi connectivity index (χ0v) is 13.4. The molecule has 0 fully saturated rings. The van der Waals surface area contributed by atoms with E-state index in [9.17, 15) is 0 Å². The molecule has 0 bridgehead atoms. The lowest BCUT2D eigenvalue weighted by molar-refractivity contribution is 0.259. The third-order valence-corrected chi connectivity index (χ3v) is 4.24. The maximum Gasteiger partial charge on any atom is 0.131 e. The Kier molecular flexibility index (Phi) is 5.73. The number of rotatable bonds is 6. The van der Waals surface area contributed by atoms with Crippen molar-refractivity contribution in [3.63, 3.8) is 0 Å². The molecule has 18 heavy (non-hydrogen) atoms. The Balaban J connectivity index is 2.43. The van der Waals surface area contributed by atoms with Gasteiger partial charge in [0.1, 0.15) is 10.0 Å². The summed E-state index contributed by atoms with van der Waals surface area (Å²) in [5.41, 5.74) is 0.335. The zero-order valence-electron chi connectivity index (χ0n) is 12.6. The zero-order chi connectivity index (χ0) is 13.8. The minimum atomic E-state index is 0.335. The van der Waals surface area contributed by atoms with E-state index in [0.29, 0.717) is 17.3 Å². The lowest BCUT2D eigenvalue weighted by Gasteiger charge is -2.26. The lowest BCUT2D eigenvalue weighted by atomic mass is 9.80. The minimum Gasteiger partial charge on any atom is -0.310 e. The summed E-state index contributed by atoms with van der Waals surface area (Å²) in [7, 11) is 0. The second kappa shape index (κ2) is 6.62. The first-order valence-electron chi connectivity index (χ1n) is 6.81. The summed E-state index contributed by atoms with van der Waals surface area (Å²) in [6.07, 6.45) is 1.03. The van der Waals surface area contributed by atoms with Crippen molar-refractivity contribution < 1.29 is 0 Å². The van der Waals surface area contributed by atoms with Gasteiger partial charge in [-0.3, -0.25) is 0 Å². The Morgan fingerprint density at radius 2 is 1.72 bits per heavy atom. The predicted molar refractivity (Wildman–Crippen MR) is 78.8 cm³/mol. The molecule has 0 amide bonds. The second-order valence-corrected chi connectivity index (χ2v) is 7.73. The summed E-state index contributed by atoms with van der Waals surface area (Å²) >= 11 is 1.74. The topological polar surface area (TPSA) is 37.8 Å². The second-order valence-electron chi connectivity index (χ2n) is 6.59. The van der Waals surface area contributed by atoms with Gasteiger partial charge in [-0.25, -0.2) is 0 Å². The third kappa shape index (κ3) is 5.44. The van der Waals surface area contributed by atoms with Gasteiger partial charge in [-0.05, 0) is 23.8 Å². The molecule has 0 saturated heterocycles. The van der Waals surface area contributed by atoms with Crippen molar-refractivity contribution in [3.05, 3.63) is 10.0 Å². The van der Waals surface area contributed by atoms with Crippen molar-refractivity contribution in [2.75, 3.05) is 6.54 Å². The van der Waals surface area contributed by atoms with Gasteiger partial charge in [-0.2, -0.15) is 0 Å². The molecule has 1 rings (SSSR count). The highest BCUT2D eigenvalue weighted by molar-refractivity contribution is 7.11. The molecule has 1 unspecified atom stereocenters. The normalized spacial score (nSPS) is 14.2. The number of nitrogens with zero attached hydrogens (tertiary/aromatic N) is 2. The number of aromatic nitrogens is 2. The van der Waals surface area contributed by atoms with Crippen molar-refractivity contribution in [1.82, 2.24) is 15.5 Å². The highest BCUT2D eigenvalue weighted by atomic mass is 32.1. The first-order chi connectivity index (χ1) is 8.29. The first-order valence-corrected chi connectivity index (χ1v) is 7.62. The molecule has 0 saturated carbocycles. The van der Waals surface area contributed by atoms with E-state index in [1.165, 1.54) is 5.01 Å². The average molecular weight is 269 g/mol. The van der Waals surface area contributed by atoms with Gasteiger partial charge in [-0.15, -0.1) is 21.5 Å². The van der Waals surface area contributed by atoms with Crippen LogP contribution in [0.1, 0.15) is 51.6 Å². The Hall–Kier alpha value is -0.480. The molecule has 0 aromatic carbocycles. The molecular formula is C14H27N3S. The molecule has 1 aromatic heterocycles. The Bertz CT molecular complexity index is 352. The van der Waals surface area contributed by atoms with E-state index in [2.05, 4.69) is 57.1 Å². The summed E-state index contributed by atoms with van der Waals surface area (Å²) in [5.74, 6) is 1.31. The van der Waals surface area contributed by atoms with Gasteiger partial charge in [0.25, 0.3) is 0 Å². The van der Waals surface area contributed by atoms with Crippen LogP contribution in [0.2, 0.25) is 0 Å². The van der Waals surface area contributed by atoms with E-state index < -0.39 is 0 Å². The van der Waals surface area contributed by atoms with Gasteiger partial charge in [-0.1, -0.05) is 41.5 Å². The van der Waals surface area contributed by atoms with E-state index in [-0.39, 0.29) is 0 Å². The predicted octanol–water partition coefficient (Wildman–Crippen LogP) is 3.51. The molecule has 4 heteroatoms. The quantitative estimate of drug-likeness (QED) is 0.859. The summed E-state index contributed by atoms with van der Waals surface area (Å²) in [5, 5.41) is 14.2. The maximum atomic E-state index is 4.30. The smallest absolute Gasteiger partial charge is 0.131 e. The summed E-state index contributed by atoms with van der Waals surface area (Å²) < 4.78 is 0. The van der Waals surface area contributed by atoms with E-state index >= 15 is 0 Å². The summed E-state index contributed by atoms with van der Waals surface area (Å²) in [4.78, 5) is 0. The molecule has 1 heterocycles. The molecule has 0 aliphatic heterocycles.